The number of β-amino-alcohol motifs (C(OH)–C–C–N with tert-alkyl or cyclic N) is 1. The number of rotatable bonds is 1. The third kappa shape index (κ3) is 1.89. The molecule has 1 aromatic carbocycles. The van der Waals surface area contributed by atoms with Crippen LogP contribution >= 0.6 is 0 Å². The Labute approximate surface area is 100 Å². The van der Waals surface area contributed by atoms with E-state index in [9.17, 15) is 9.90 Å². The molecule has 0 spiro atoms. The first-order chi connectivity index (χ1) is 8.24. The summed E-state index contributed by atoms with van der Waals surface area (Å²) in [7, 11) is 0. The highest BCUT2D eigenvalue weighted by molar-refractivity contribution is 5.95. The molecule has 0 bridgehead atoms. The Hall–Kier alpha value is -1.55. The molecule has 3 rings (SSSR count). The molecule has 2 heterocycles. The molecule has 90 valence electrons. The number of aliphatic hydroxyl groups excluding tert-OH is 1. The summed E-state index contributed by atoms with van der Waals surface area (Å²) in [5, 5.41) is 12.7. The third-order valence-corrected chi connectivity index (χ3v) is 3.51. The molecule has 2 aliphatic heterocycles. The highest BCUT2D eigenvalue weighted by Crippen LogP contribution is 2.24. The van der Waals surface area contributed by atoms with Gasteiger partial charge in [-0.25, -0.2) is 0 Å². The van der Waals surface area contributed by atoms with Gasteiger partial charge in [0, 0.05) is 30.9 Å². The molecule has 0 radical (unpaired) electrons. The van der Waals surface area contributed by atoms with Crippen LogP contribution in [-0.4, -0.2) is 41.7 Å². The summed E-state index contributed by atoms with van der Waals surface area (Å²) >= 11 is 0. The number of likely N-dealkylation sites (tertiary alicyclic amines) is 1. The standard InChI is InChI=1S/C13H16N2O2/c16-11-4-6-15(8-11)13(17)10-1-2-12-9(7-10)3-5-14-12/h1-2,7,11,14,16H,3-6,8H2. The van der Waals surface area contributed by atoms with Crippen molar-refractivity contribution in [3.05, 3.63) is 29.3 Å². The number of amides is 1. The SMILES string of the molecule is O=C(c1ccc2c(c1)CCN2)N1CCC(O)C1. The van der Waals surface area contributed by atoms with Crippen LogP contribution in [0.25, 0.3) is 0 Å². The Balaban J connectivity index is 1.82. The van der Waals surface area contributed by atoms with Crippen LogP contribution in [0.1, 0.15) is 22.3 Å². The van der Waals surface area contributed by atoms with Gasteiger partial charge >= 0.3 is 0 Å². The largest absolute Gasteiger partial charge is 0.391 e. The molecule has 1 atom stereocenters. The van der Waals surface area contributed by atoms with E-state index in [0.717, 1.165) is 24.2 Å². The molecule has 1 fully saturated rings. The van der Waals surface area contributed by atoms with Gasteiger partial charge in [-0.2, -0.15) is 0 Å². The van der Waals surface area contributed by atoms with Gasteiger partial charge in [0.25, 0.3) is 5.91 Å². The summed E-state index contributed by atoms with van der Waals surface area (Å²) in [6.45, 7) is 2.08. The van der Waals surface area contributed by atoms with Gasteiger partial charge < -0.3 is 15.3 Å². The summed E-state index contributed by atoms with van der Waals surface area (Å²) in [5.74, 6) is 0.0382. The second kappa shape index (κ2) is 4.04. The first-order valence-electron chi connectivity index (χ1n) is 6.08. The predicted molar refractivity (Wildman–Crippen MR) is 65.2 cm³/mol. The summed E-state index contributed by atoms with van der Waals surface area (Å²) < 4.78 is 0. The van der Waals surface area contributed by atoms with Gasteiger partial charge in [-0.05, 0) is 36.6 Å². The quantitative estimate of drug-likeness (QED) is 0.755. The Morgan fingerprint density at radius 1 is 1.47 bits per heavy atom. The first-order valence-corrected chi connectivity index (χ1v) is 6.08. The average Bonchev–Trinajstić information content (AvgIpc) is 2.95. The highest BCUT2D eigenvalue weighted by Gasteiger charge is 2.26. The van der Waals surface area contributed by atoms with Crippen molar-refractivity contribution in [1.82, 2.24) is 4.90 Å². The van der Waals surface area contributed by atoms with E-state index >= 15 is 0 Å². The number of carbonyl (C=O) groups excluding carboxylic acids is 1. The minimum Gasteiger partial charge on any atom is -0.391 e. The van der Waals surface area contributed by atoms with Crippen molar-refractivity contribution in [2.24, 2.45) is 0 Å². The summed E-state index contributed by atoms with van der Waals surface area (Å²) in [6.07, 6.45) is 1.33. The number of carbonyl (C=O) groups is 1. The molecule has 4 heteroatoms. The zero-order valence-corrected chi connectivity index (χ0v) is 9.65. The van der Waals surface area contributed by atoms with E-state index in [-0.39, 0.29) is 12.0 Å². The van der Waals surface area contributed by atoms with Crippen molar-refractivity contribution in [3.63, 3.8) is 0 Å². The molecule has 2 aliphatic rings. The lowest BCUT2D eigenvalue weighted by atomic mass is 10.1. The van der Waals surface area contributed by atoms with Crippen molar-refractivity contribution >= 4 is 11.6 Å². The average molecular weight is 232 g/mol. The molecule has 1 unspecified atom stereocenters. The van der Waals surface area contributed by atoms with E-state index in [0.29, 0.717) is 19.5 Å². The molecule has 1 saturated heterocycles. The van der Waals surface area contributed by atoms with E-state index in [1.54, 1.807) is 4.90 Å². The van der Waals surface area contributed by atoms with Gasteiger partial charge in [0.1, 0.15) is 0 Å². The molecule has 4 nitrogen and oxygen atoms in total. The maximum absolute atomic E-state index is 12.2. The van der Waals surface area contributed by atoms with Crippen LogP contribution in [0.15, 0.2) is 18.2 Å². The van der Waals surface area contributed by atoms with Crippen molar-refractivity contribution in [1.29, 1.82) is 0 Å². The van der Waals surface area contributed by atoms with Gasteiger partial charge in [-0.3, -0.25) is 4.79 Å². The third-order valence-electron chi connectivity index (χ3n) is 3.51. The fourth-order valence-corrected chi connectivity index (χ4v) is 2.55. The van der Waals surface area contributed by atoms with Gasteiger partial charge in [0.15, 0.2) is 0 Å². The smallest absolute Gasteiger partial charge is 0.253 e. The summed E-state index contributed by atoms with van der Waals surface area (Å²) in [5.41, 5.74) is 3.10. The van der Waals surface area contributed by atoms with Crippen molar-refractivity contribution in [3.8, 4) is 0 Å². The minimum absolute atomic E-state index is 0.0382. The van der Waals surface area contributed by atoms with Crippen LogP contribution in [-0.2, 0) is 6.42 Å². The first kappa shape index (κ1) is 10.6. The van der Waals surface area contributed by atoms with Crippen molar-refractivity contribution < 1.29 is 9.90 Å². The monoisotopic (exact) mass is 232 g/mol. The van der Waals surface area contributed by atoms with Gasteiger partial charge in [-0.15, -0.1) is 0 Å². The van der Waals surface area contributed by atoms with E-state index in [4.69, 9.17) is 0 Å². The normalized spacial score (nSPS) is 22.4. The van der Waals surface area contributed by atoms with Crippen LogP contribution in [0.4, 0.5) is 5.69 Å². The Morgan fingerprint density at radius 2 is 2.35 bits per heavy atom. The van der Waals surface area contributed by atoms with Crippen LogP contribution in [0.3, 0.4) is 0 Å². The topological polar surface area (TPSA) is 52.6 Å². The van der Waals surface area contributed by atoms with E-state index in [1.165, 1.54) is 5.56 Å². The van der Waals surface area contributed by atoms with E-state index in [2.05, 4.69) is 5.32 Å². The highest BCUT2D eigenvalue weighted by atomic mass is 16.3. The number of aliphatic hydroxyl groups is 1. The second-order valence-corrected chi connectivity index (χ2v) is 4.74. The van der Waals surface area contributed by atoms with Crippen LogP contribution in [0, 0.1) is 0 Å². The number of hydrogen-bond acceptors (Lipinski definition) is 3. The Bertz CT molecular complexity index is 459. The molecular formula is C13H16N2O2. The Kier molecular flexibility index (Phi) is 2.52. The van der Waals surface area contributed by atoms with Gasteiger partial charge in [0.2, 0.25) is 0 Å². The molecule has 2 N–H and O–H groups in total. The molecular weight excluding hydrogens is 216 g/mol. The lowest BCUT2D eigenvalue weighted by Gasteiger charge is -2.16. The van der Waals surface area contributed by atoms with Crippen LogP contribution in [0.2, 0.25) is 0 Å². The minimum atomic E-state index is -0.352. The summed E-state index contributed by atoms with van der Waals surface area (Å²) in [6, 6.07) is 5.81. The molecule has 0 saturated carbocycles. The fourth-order valence-electron chi connectivity index (χ4n) is 2.55. The number of fused-ring (bicyclic) bond motifs is 1. The molecule has 1 amide bonds. The lowest BCUT2D eigenvalue weighted by Crippen LogP contribution is -2.29. The maximum atomic E-state index is 12.2. The van der Waals surface area contributed by atoms with Gasteiger partial charge in [-0.1, -0.05) is 0 Å². The lowest BCUT2D eigenvalue weighted by molar-refractivity contribution is 0.0765. The van der Waals surface area contributed by atoms with Crippen LogP contribution < -0.4 is 5.32 Å². The number of benzene rings is 1. The van der Waals surface area contributed by atoms with Crippen LogP contribution in [0.5, 0.6) is 0 Å². The molecule has 17 heavy (non-hydrogen) atoms. The zero-order valence-electron chi connectivity index (χ0n) is 9.65. The predicted octanol–water partition coefficient (Wildman–Crippen LogP) is 0.861. The van der Waals surface area contributed by atoms with Gasteiger partial charge in [0.05, 0.1) is 6.10 Å². The van der Waals surface area contributed by atoms with E-state index in [1.807, 2.05) is 18.2 Å². The fraction of sp³-hybridized carbons (Fsp3) is 0.462. The molecule has 1 aromatic rings. The zero-order chi connectivity index (χ0) is 11.8. The number of hydrogen-bond donors (Lipinski definition) is 2. The van der Waals surface area contributed by atoms with Crippen molar-refractivity contribution in [2.45, 2.75) is 18.9 Å². The number of nitrogens with one attached hydrogen (secondary N) is 1. The van der Waals surface area contributed by atoms with Crippen molar-refractivity contribution in [2.75, 3.05) is 25.0 Å². The number of nitrogens with zero attached hydrogens (tertiary/aromatic N) is 1. The molecule has 0 aromatic heterocycles. The summed E-state index contributed by atoms with van der Waals surface area (Å²) in [4.78, 5) is 13.9. The molecule has 0 aliphatic carbocycles. The number of anilines is 1. The maximum Gasteiger partial charge on any atom is 0.253 e. The Morgan fingerprint density at radius 3 is 3.12 bits per heavy atom. The van der Waals surface area contributed by atoms with E-state index < -0.39 is 0 Å². The second-order valence-electron chi connectivity index (χ2n) is 4.74.